The summed E-state index contributed by atoms with van der Waals surface area (Å²) in [7, 11) is 0. The number of rotatable bonds is 5. The van der Waals surface area contributed by atoms with E-state index >= 15 is 0 Å². The molecule has 18 heavy (non-hydrogen) atoms. The van der Waals surface area contributed by atoms with Crippen LogP contribution in [-0.2, 0) is 0 Å². The first-order valence-corrected chi connectivity index (χ1v) is 7.90. The molecule has 98 valence electrons. The monoisotopic (exact) mass is 281 g/mol. The minimum atomic E-state index is 0.267. The third-order valence-corrected chi connectivity index (χ3v) is 4.75. The lowest BCUT2D eigenvalue weighted by atomic mass is 10.1. The number of thiazole rings is 2. The summed E-state index contributed by atoms with van der Waals surface area (Å²) in [6.07, 6.45) is 2.91. The first-order chi connectivity index (χ1) is 8.61. The normalized spacial score (nSPS) is 14.7. The van der Waals surface area contributed by atoms with Gasteiger partial charge >= 0.3 is 0 Å². The molecule has 5 heteroatoms. The van der Waals surface area contributed by atoms with E-state index in [1.807, 2.05) is 11.6 Å². The first-order valence-electron chi connectivity index (χ1n) is 6.21. The zero-order valence-corrected chi connectivity index (χ0v) is 12.9. The van der Waals surface area contributed by atoms with Crippen molar-refractivity contribution in [2.45, 2.75) is 46.2 Å². The van der Waals surface area contributed by atoms with Gasteiger partial charge in [-0.2, -0.15) is 0 Å². The van der Waals surface area contributed by atoms with E-state index in [2.05, 4.69) is 43.0 Å². The van der Waals surface area contributed by atoms with Crippen LogP contribution < -0.4 is 5.32 Å². The van der Waals surface area contributed by atoms with E-state index in [-0.39, 0.29) is 6.04 Å². The highest BCUT2D eigenvalue weighted by Gasteiger charge is 2.19. The van der Waals surface area contributed by atoms with Gasteiger partial charge in [0.25, 0.3) is 0 Å². The minimum absolute atomic E-state index is 0.267. The van der Waals surface area contributed by atoms with Crippen LogP contribution in [0.4, 0.5) is 0 Å². The van der Waals surface area contributed by atoms with Gasteiger partial charge in [-0.05, 0) is 27.2 Å². The van der Waals surface area contributed by atoms with Crippen molar-refractivity contribution in [2.24, 2.45) is 0 Å². The van der Waals surface area contributed by atoms with Gasteiger partial charge in [0.1, 0.15) is 5.01 Å². The Morgan fingerprint density at radius 2 is 2.17 bits per heavy atom. The molecule has 2 heterocycles. The molecule has 3 nitrogen and oxygen atoms in total. The number of aromatic nitrogens is 2. The fraction of sp³-hybridized carbons (Fsp3) is 0.538. The van der Waals surface area contributed by atoms with Crippen LogP contribution in [0.25, 0.3) is 0 Å². The van der Waals surface area contributed by atoms with Crippen molar-refractivity contribution in [3.05, 3.63) is 32.2 Å². The molecule has 2 aromatic rings. The summed E-state index contributed by atoms with van der Waals surface area (Å²) >= 11 is 3.48. The maximum absolute atomic E-state index is 4.62. The Kier molecular flexibility index (Phi) is 4.48. The molecule has 0 radical (unpaired) electrons. The Hall–Kier alpha value is -0.780. The Morgan fingerprint density at radius 3 is 2.67 bits per heavy atom. The molecule has 0 saturated heterocycles. The maximum atomic E-state index is 4.62. The van der Waals surface area contributed by atoms with Crippen molar-refractivity contribution >= 4 is 22.7 Å². The van der Waals surface area contributed by atoms with E-state index in [0.717, 1.165) is 16.4 Å². The third kappa shape index (κ3) is 2.96. The average molecular weight is 281 g/mol. The van der Waals surface area contributed by atoms with Crippen molar-refractivity contribution in [1.29, 1.82) is 0 Å². The molecule has 0 bridgehead atoms. The largest absolute Gasteiger partial charge is 0.300 e. The average Bonchev–Trinajstić information content (AvgIpc) is 2.95. The van der Waals surface area contributed by atoms with Gasteiger partial charge in [0.05, 0.1) is 16.7 Å². The molecule has 2 unspecified atom stereocenters. The number of hydrogen-bond donors (Lipinski definition) is 1. The smallest absolute Gasteiger partial charge is 0.109 e. The molecule has 0 aliphatic carbocycles. The summed E-state index contributed by atoms with van der Waals surface area (Å²) in [6.45, 7) is 8.57. The lowest BCUT2D eigenvalue weighted by Crippen LogP contribution is -2.24. The molecule has 2 aromatic heterocycles. The van der Waals surface area contributed by atoms with Crippen LogP contribution in [-0.4, -0.2) is 9.97 Å². The zero-order chi connectivity index (χ0) is 13.1. The van der Waals surface area contributed by atoms with Crippen LogP contribution in [0, 0.1) is 13.8 Å². The lowest BCUT2D eigenvalue weighted by Gasteiger charge is -2.20. The quantitative estimate of drug-likeness (QED) is 0.899. The van der Waals surface area contributed by atoms with Crippen molar-refractivity contribution in [1.82, 2.24) is 15.3 Å². The number of hydrogen-bond acceptors (Lipinski definition) is 5. The molecule has 0 spiro atoms. The molecule has 2 atom stereocenters. The van der Waals surface area contributed by atoms with Gasteiger partial charge in [0.15, 0.2) is 0 Å². The molecule has 2 rings (SSSR count). The maximum Gasteiger partial charge on any atom is 0.109 e. The van der Waals surface area contributed by atoms with E-state index in [1.165, 1.54) is 10.6 Å². The molecular formula is C13H19N3S2. The third-order valence-electron chi connectivity index (χ3n) is 2.96. The number of nitrogens with one attached hydrogen (secondary N) is 1. The highest BCUT2D eigenvalue weighted by atomic mass is 32.1. The van der Waals surface area contributed by atoms with Crippen molar-refractivity contribution in [2.75, 3.05) is 0 Å². The summed E-state index contributed by atoms with van der Waals surface area (Å²) in [5.74, 6) is 0. The zero-order valence-electron chi connectivity index (χ0n) is 11.2. The van der Waals surface area contributed by atoms with Gasteiger partial charge in [-0.15, -0.1) is 22.7 Å². The van der Waals surface area contributed by atoms with Crippen LogP contribution in [0.3, 0.4) is 0 Å². The Balaban J connectivity index is 2.10. The van der Waals surface area contributed by atoms with Gasteiger partial charge in [-0.25, -0.2) is 9.97 Å². The molecular weight excluding hydrogens is 262 g/mol. The predicted octanol–water partition coefficient (Wildman–Crippen LogP) is 4.02. The van der Waals surface area contributed by atoms with Crippen LogP contribution in [0.2, 0.25) is 0 Å². The summed E-state index contributed by atoms with van der Waals surface area (Å²) in [5.41, 5.74) is 1.17. The van der Waals surface area contributed by atoms with Gasteiger partial charge < -0.3 is 0 Å². The summed E-state index contributed by atoms with van der Waals surface area (Å²) in [6, 6.07) is 0.588. The number of nitrogens with zero attached hydrogens (tertiary/aromatic N) is 2. The Bertz CT molecular complexity index is 490. The van der Waals surface area contributed by atoms with Gasteiger partial charge in [-0.3, -0.25) is 5.32 Å². The number of aryl methyl sites for hydroxylation is 2. The van der Waals surface area contributed by atoms with Crippen molar-refractivity contribution < 1.29 is 0 Å². The topological polar surface area (TPSA) is 37.8 Å². The highest BCUT2D eigenvalue weighted by Crippen LogP contribution is 2.27. The first kappa shape index (κ1) is 13.6. The fourth-order valence-corrected chi connectivity index (χ4v) is 3.79. The fourth-order valence-electron chi connectivity index (χ4n) is 2.10. The molecule has 0 aliphatic rings. The summed E-state index contributed by atoms with van der Waals surface area (Å²) in [5, 5.41) is 7.96. The highest BCUT2D eigenvalue weighted by molar-refractivity contribution is 7.11. The second kappa shape index (κ2) is 5.91. The molecule has 0 fully saturated rings. The van der Waals surface area contributed by atoms with Crippen LogP contribution in [0.5, 0.6) is 0 Å². The lowest BCUT2D eigenvalue weighted by molar-refractivity contribution is 0.448. The van der Waals surface area contributed by atoms with Crippen molar-refractivity contribution in [3.63, 3.8) is 0 Å². The molecule has 1 N–H and O–H groups in total. The van der Waals surface area contributed by atoms with E-state index in [4.69, 9.17) is 0 Å². The van der Waals surface area contributed by atoms with Gasteiger partial charge in [-0.1, -0.05) is 6.92 Å². The summed E-state index contributed by atoms with van der Waals surface area (Å²) in [4.78, 5) is 10.3. The minimum Gasteiger partial charge on any atom is -0.300 e. The molecule has 0 aliphatic heterocycles. The second-order valence-electron chi connectivity index (χ2n) is 4.39. The van der Waals surface area contributed by atoms with Crippen molar-refractivity contribution in [3.8, 4) is 0 Å². The van der Waals surface area contributed by atoms with Crippen LogP contribution in [0.1, 0.15) is 52.9 Å². The van der Waals surface area contributed by atoms with Crippen LogP contribution in [0.15, 0.2) is 11.6 Å². The van der Waals surface area contributed by atoms with E-state index in [9.17, 15) is 0 Å². The SMILES string of the molecule is CCC(NC(C)c1nc(C)sc1C)c1nccs1. The molecule has 0 aromatic carbocycles. The molecule has 0 amide bonds. The standard InChI is InChI=1S/C13H19N3S2/c1-5-11(13-14-6-7-17-13)15-8(2)12-9(3)18-10(4)16-12/h6-8,11,15H,5H2,1-4H3. The van der Waals surface area contributed by atoms with E-state index in [1.54, 1.807) is 22.7 Å². The Morgan fingerprint density at radius 1 is 1.39 bits per heavy atom. The summed E-state index contributed by atoms with van der Waals surface area (Å²) < 4.78 is 0. The van der Waals surface area contributed by atoms with Gasteiger partial charge in [0, 0.05) is 22.5 Å². The van der Waals surface area contributed by atoms with E-state index < -0.39 is 0 Å². The second-order valence-corrected chi connectivity index (χ2v) is 6.73. The van der Waals surface area contributed by atoms with E-state index in [0.29, 0.717) is 6.04 Å². The molecule has 0 saturated carbocycles. The van der Waals surface area contributed by atoms with Crippen LogP contribution >= 0.6 is 22.7 Å². The van der Waals surface area contributed by atoms with Gasteiger partial charge in [0.2, 0.25) is 0 Å². The predicted molar refractivity (Wildman–Crippen MR) is 78.3 cm³/mol. The Labute approximate surface area is 116 Å².